The van der Waals surface area contributed by atoms with E-state index in [1.54, 1.807) is 26.2 Å². The Morgan fingerprint density at radius 2 is 1.93 bits per heavy atom. The lowest BCUT2D eigenvalue weighted by atomic mass is 10.1. The van der Waals surface area contributed by atoms with Gasteiger partial charge in [-0.3, -0.25) is 9.78 Å². The lowest BCUT2D eigenvalue weighted by molar-refractivity contribution is 0.0696. The molecule has 0 fully saturated rings. The molecule has 1 aromatic heterocycles. The maximum atomic E-state index is 12.4. The number of hydrogen-bond acceptors (Lipinski definition) is 6. The Morgan fingerprint density at radius 3 is 2.59 bits per heavy atom. The molecule has 0 spiro atoms. The van der Waals surface area contributed by atoms with Crippen molar-refractivity contribution in [3.63, 3.8) is 0 Å². The number of methoxy groups -OCH3 is 2. The number of carboxylic acid groups (broad SMARTS) is 1. The van der Waals surface area contributed by atoms with Crippen molar-refractivity contribution in [2.45, 2.75) is 13.0 Å². The summed E-state index contributed by atoms with van der Waals surface area (Å²) >= 11 is 0. The summed E-state index contributed by atoms with van der Waals surface area (Å²) in [6.45, 7) is 2.66. The minimum atomic E-state index is -1.12. The summed E-state index contributed by atoms with van der Waals surface area (Å²) in [5, 5.41) is 11.8. The number of nitrogens with one attached hydrogen (secondary N) is 1. The number of carbonyl (C=O) groups is 2. The van der Waals surface area contributed by atoms with Gasteiger partial charge in [-0.1, -0.05) is 6.07 Å². The molecule has 0 bridgehead atoms. The van der Waals surface area contributed by atoms with E-state index in [0.29, 0.717) is 24.7 Å². The number of amides is 1. The molecule has 1 amide bonds. The molecule has 1 atom stereocenters. The third-order valence-corrected chi connectivity index (χ3v) is 3.82. The van der Waals surface area contributed by atoms with E-state index in [9.17, 15) is 9.59 Å². The number of carboxylic acids is 1. The van der Waals surface area contributed by atoms with Gasteiger partial charge in [0.2, 0.25) is 0 Å². The smallest absolute Gasteiger partial charge is 0.335 e. The summed E-state index contributed by atoms with van der Waals surface area (Å²) in [6.07, 6.45) is 1.29. The molecule has 2 N–H and O–H groups in total. The Hall–Kier alpha value is -3.13. The van der Waals surface area contributed by atoms with Gasteiger partial charge < -0.3 is 24.6 Å². The van der Waals surface area contributed by atoms with Crippen LogP contribution in [0, 0.1) is 0 Å². The third-order valence-electron chi connectivity index (χ3n) is 3.82. The van der Waals surface area contributed by atoms with Gasteiger partial charge in [0.05, 0.1) is 25.3 Å². The Bertz CT molecular complexity index is 809. The zero-order valence-electron chi connectivity index (χ0n) is 15.4. The predicted octanol–water partition coefficient (Wildman–Crippen LogP) is 2.30. The second-order valence-electron chi connectivity index (χ2n) is 5.68. The van der Waals surface area contributed by atoms with Crippen LogP contribution in [-0.2, 0) is 4.74 Å². The number of pyridine rings is 1. The van der Waals surface area contributed by atoms with Gasteiger partial charge >= 0.3 is 5.97 Å². The highest BCUT2D eigenvalue weighted by molar-refractivity contribution is 5.95. The zero-order valence-corrected chi connectivity index (χ0v) is 15.4. The molecule has 2 aromatic rings. The fourth-order valence-corrected chi connectivity index (χ4v) is 2.35. The first-order valence-electron chi connectivity index (χ1n) is 8.26. The second kappa shape index (κ2) is 9.54. The van der Waals surface area contributed by atoms with Crippen LogP contribution in [0.2, 0.25) is 0 Å². The maximum Gasteiger partial charge on any atom is 0.335 e. The summed E-state index contributed by atoms with van der Waals surface area (Å²) in [7, 11) is 3.13. The first kappa shape index (κ1) is 20.2. The average molecular weight is 374 g/mol. The van der Waals surface area contributed by atoms with Crippen LogP contribution in [0.1, 0.15) is 39.4 Å². The van der Waals surface area contributed by atoms with Crippen LogP contribution in [-0.4, -0.2) is 49.4 Å². The van der Waals surface area contributed by atoms with Gasteiger partial charge in [-0.25, -0.2) is 4.79 Å². The standard InChI is InChI=1S/C19H22N2O6/c1-12(21-18(22)15-10-14(19(23)24)6-7-20-15)13-4-5-16(17(11-13)26-3)27-9-8-25-2/h4-7,10-12H,8-9H2,1-3H3,(H,21,22)(H,23,24). The van der Waals surface area contributed by atoms with Crippen LogP contribution < -0.4 is 14.8 Å². The highest BCUT2D eigenvalue weighted by Crippen LogP contribution is 2.30. The Labute approximate surface area is 157 Å². The maximum absolute atomic E-state index is 12.4. The number of aromatic nitrogens is 1. The van der Waals surface area contributed by atoms with Crippen molar-refractivity contribution in [1.82, 2.24) is 10.3 Å². The van der Waals surface area contributed by atoms with E-state index in [0.717, 1.165) is 5.56 Å². The summed E-state index contributed by atoms with van der Waals surface area (Å²) in [5.74, 6) is -0.471. The van der Waals surface area contributed by atoms with Crippen LogP contribution in [0.5, 0.6) is 11.5 Å². The van der Waals surface area contributed by atoms with Crippen LogP contribution in [0.15, 0.2) is 36.5 Å². The van der Waals surface area contributed by atoms with Gasteiger partial charge in [0.25, 0.3) is 5.91 Å². The van der Waals surface area contributed by atoms with Crippen molar-refractivity contribution in [2.75, 3.05) is 27.4 Å². The molecule has 1 unspecified atom stereocenters. The number of hydrogen-bond donors (Lipinski definition) is 2. The first-order chi connectivity index (χ1) is 13.0. The Kier molecular flexibility index (Phi) is 7.13. The van der Waals surface area contributed by atoms with E-state index < -0.39 is 11.9 Å². The van der Waals surface area contributed by atoms with E-state index in [4.69, 9.17) is 19.3 Å². The van der Waals surface area contributed by atoms with Crippen LogP contribution in [0.25, 0.3) is 0 Å². The van der Waals surface area contributed by atoms with Crippen molar-refractivity contribution in [2.24, 2.45) is 0 Å². The minimum absolute atomic E-state index is 0.00188. The number of rotatable bonds is 9. The number of aromatic carboxylic acids is 1. The fourth-order valence-electron chi connectivity index (χ4n) is 2.35. The van der Waals surface area contributed by atoms with E-state index in [-0.39, 0.29) is 17.3 Å². The van der Waals surface area contributed by atoms with E-state index in [2.05, 4.69) is 10.3 Å². The Balaban J connectivity index is 2.10. The summed E-state index contributed by atoms with van der Waals surface area (Å²) in [4.78, 5) is 27.3. The first-order valence-corrected chi connectivity index (χ1v) is 8.26. The minimum Gasteiger partial charge on any atom is -0.493 e. The van der Waals surface area contributed by atoms with Gasteiger partial charge in [0.15, 0.2) is 11.5 Å². The highest BCUT2D eigenvalue weighted by atomic mass is 16.5. The lowest BCUT2D eigenvalue weighted by Gasteiger charge is -2.17. The second-order valence-corrected chi connectivity index (χ2v) is 5.68. The Morgan fingerprint density at radius 1 is 1.15 bits per heavy atom. The summed E-state index contributed by atoms with van der Waals surface area (Å²) in [5.41, 5.74) is 0.837. The molecule has 0 aliphatic carbocycles. The van der Waals surface area contributed by atoms with Gasteiger partial charge in [-0.2, -0.15) is 0 Å². The number of carbonyl (C=O) groups excluding carboxylic acids is 1. The molecule has 8 heteroatoms. The third kappa shape index (κ3) is 5.42. The molecule has 0 radical (unpaired) electrons. The van der Waals surface area contributed by atoms with Gasteiger partial charge in [0.1, 0.15) is 12.3 Å². The lowest BCUT2D eigenvalue weighted by Crippen LogP contribution is -2.27. The number of nitrogens with zero attached hydrogens (tertiary/aromatic N) is 1. The van der Waals surface area contributed by atoms with Crippen LogP contribution in [0.3, 0.4) is 0 Å². The molecule has 1 heterocycles. The monoisotopic (exact) mass is 374 g/mol. The van der Waals surface area contributed by atoms with Crippen molar-refractivity contribution in [3.05, 3.63) is 53.3 Å². The van der Waals surface area contributed by atoms with Gasteiger partial charge in [-0.05, 0) is 36.8 Å². The van der Waals surface area contributed by atoms with Crippen molar-refractivity contribution >= 4 is 11.9 Å². The molecule has 27 heavy (non-hydrogen) atoms. The number of ether oxygens (including phenoxy) is 3. The molecule has 0 aliphatic rings. The van der Waals surface area contributed by atoms with Gasteiger partial charge in [0, 0.05) is 13.3 Å². The van der Waals surface area contributed by atoms with Crippen molar-refractivity contribution < 1.29 is 28.9 Å². The largest absolute Gasteiger partial charge is 0.493 e. The predicted molar refractivity (Wildman–Crippen MR) is 97.4 cm³/mol. The SMILES string of the molecule is COCCOc1ccc(C(C)NC(=O)c2cc(C(=O)O)ccn2)cc1OC. The molecule has 1 aromatic carbocycles. The van der Waals surface area contributed by atoms with Crippen molar-refractivity contribution in [3.8, 4) is 11.5 Å². The van der Waals surface area contributed by atoms with Crippen LogP contribution >= 0.6 is 0 Å². The molecule has 0 aliphatic heterocycles. The van der Waals surface area contributed by atoms with E-state index >= 15 is 0 Å². The molecular weight excluding hydrogens is 352 g/mol. The van der Waals surface area contributed by atoms with E-state index in [1.807, 2.05) is 6.07 Å². The fraction of sp³-hybridized carbons (Fsp3) is 0.316. The molecule has 8 nitrogen and oxygen atoms in total. The van der Waals surface area contributed by atoms with Crippen molar-refractivity contribution in [1.29, 1.82) is 0 Å². The molecule has 0 saturated carbocycles. The zero-order chi connectivity index (χ0) is 19.8. The highest BCUT2D eigenvalue weighted by Gasteiger charge is 2.16. The molecule has 0 saturated heterocycles. The average Bonchev–Trinajstić information content (AvgIpc) is 2.68. The molecular formula is C19H22N2O6. The van der Waals surface area contributed by atoms with Crippen LogP contribution in [0.4, 0.5) is 0 Å². The quantitative estimate of drug-likeness (QED) is 0.649. The molecule has 144 valence electrons. The molecule has 2 rings (SSSR count). The summed E-state index contributed by atoms with van der Waals surface area (Å²) < 4.78 is 15.9. The normalized spacial score (nSPS) is 11.5. The van der Waals surface area contributed by atoms with E-state index in [1.165, 1.54) is 25.4 Å². The van der Waals surface area contributed by atoms with Gasteiger partial charge in [-0.15, -0.1) is 0 Å². The number of benzene rings is 1. The topological polar surface area (TPSA) is 107 Å². The summed E-state index contributed by atoms with van der Waals surface area (Å²) in [6, 6.07) is 7.56.